The summed E-state index contributed by atoms with van der Waals surface area (Å²) in [5.74, 6) is -0.678. The largest absolute Gasteiger partial charge is 0.402 e. The van der Waals surface area contributed by atoms with Crippen LogP contribution in [-0.2, 0) is 14.3 Å². The molecule has 0 aliphatic carbocycles. The molecule has 1 saturated heterocycles. The summed E-state index contributed by atoms with van der Waals surface area (Å²) in [5, 5.41) is 0. The molecule has 2 aromatic carbocycles. The van der Waals surface area contributed by atoms with Crippen LogP contribution in [0.1, 0.15) is 11.1 Å². The van der Waals surface area contributed by atoms with Crippen LogP contribution in [0, 0.1) is 5.82 Å². The summed E-state index contributed by atoms with van der Waals surface area (Å²) in [6, 6.07) is 13.6. The average Bonchev–Trinajstić information content (AvgIpc) is 3.04. The Morgan fingerprint density at radius 3 is 2.38 bits per heavy atom. The number of hydrogen-bond donors (Lipinski definition) is 0. The van der Waals surface area contributed by atoms with Crippen LogP contribution < -0.4 is 4.90 Å². The summed E-state index contributed by atoms with van der Waals surface area (Å²) in [4.78, 5) is 18.5. The highest BCUT2D eigenvalue weighted by molar-refractivity contribution is 6.12. The summed E-state index contributed by atoms with van der Waals surface area (Å²) in [6.45, 7) is 3.22. The van der Waals surface area contributed by atoms with Gasteiger partial charge in [-0.3, -0.25) is 0 Å². The van der Waals surface area contributed by atoms with E-state index in [1.165, 1.54) is 24.3 Å². The van der Waals surface area contributed by atoms with Crippen LogP contribution in [0.2, 0.25) is 0 Å². The fourth-order valence-corrected chi connectivity index (χ4v) is 2.89. The lowest BCUT2D eigenvalue weighted by Crippen LogP contribution is -2.36. The third kappa shape index (κ3) is 3.50. The topological polar surface area (TPSA) is 51.1 Å². The zero-order chi connectivity index (χ0) is 17.9. The van der Waals surface area contributed by atoms with Crippen LogP contribution in [0.5, 0.6) is 0 Å². The lowest BCUT2D eigenvalue weighted by Gasteiger charge is -2.28. The minimum atomic E-state index is -0.512. The zero-order valence-electron chi connectivity index (χ0n) is 14.0. The average molecular weight is 352 g/mol. The van der Waals surface area contributed by atoms with Crippen molar-refractivity contribution in [3.8, 4) is 0 Å². The van der Waals surface area contributed by atoms with Crippen LogP contribution in [0.25, 0.3) is 6.08 Å². The van der Waals surface area contributed by atoms with Gasteiger partial charge in [0.05, 0.1) is 13.2 Å². The number of ether oxygens (including phenoxy) is 2. The van der Waals surface area contributed by atoms with E-state index in [0.717, 1.165) is 37.6 Å². The molecule has 0 atom stereocenters. The second-order valence-electron chi connectivity index (χ2n) is 6.03. The highest BCUT2D eigenvalue weighted by atomic mass is 19.1. The van der Waals surface area contributed by atoms with Gasteiger partial charge in [-0.05, 0) is 48.0 Å². The van der Waals surface area contributed by atoms with Crippen LogP contribution in [-0.4, -0.2) is 38.2 Å². The quantitative estimate of drug-likeness (QED) is 0.629. The Hall–Kier alpha value is -2.99. The van der Waals surface area contributed by atoms with Crippen molar-refractivity contribution < 1.29 is 18.7 Å². The van der Waals surface area contributed by atoms with Crippen LogP contribution in [0.4, 0.5) is 10.1 Å². The number of benzene rings is 2. The number of morpholine rings is 1. The second-order valence-corrected chi connectivity index (χ2v) is 6.03. The molecule has 0 spiro atoms. The molecule has 0 amide bonds. The van der Waals surface area contributed by atoms with E-state index >= 15 is 0 Å². The van der Waals surface area contributed by atoms with Gasteiger partial charge in [-0.15, -0.1) is 0 Å². The normalized spacial score (nSPS) is 18.8. The first-order valence-corrected chi connectivity index (χ1v) is 8.40. The second kappa shape index (κ2) is 7.09. The first-order valence-electron chi connectivity index (χ1n) is 8.40. The SMILES string of the molecule is O=C1OC(c2ccc(F)cc2)=N/C1=C\c1ccc(N2CCOCC2)cc1. The molecule has 0 N–H and O–H groups in total. The Bertz CT molecular complexity index is 867. The van der Waals surface area contributed by atoms with E-state index in [1.807, 2.05) is 24.3 Å². The Kier molecular flexibility index (Phi) is 4.50. The van der Waals surface area contributed by atoms with Gasteiger partial charge >= 0.3 is 5.97 Å². The summed E-state index contributed by atoms with van der Waals surface area (Å²) in [7, 11) is 0. The molecule has 0 saturated carbocycles. The third-order valence-electron chi connectivity index (χ3n) is 4.28. The van der Waals surface area contributed by atoms with Crippen LogP contribution in [0.15, 0.2) is 59.2 Å². The Morgan fingerprint density at radius 1 is 1.00 bits per heavy atom. The fraction of sp³-hybridized carbons (Fsp3) is 0.200. The lowest BCUT2D eigenvalue weighted by atomic mass is 10.1. The van der Waals surface area contributed by atoms with Gasteiger partial charge in [-0.1, -0.05) is 12.1 Å². The molecule has 5 nitrogen and oxygen atoms in total. The molecule has 132 valence electrons. The van der Waals surface area contributed by atoms with Crippen molar-refractivity contribution in [2.24, 2.45) is 4.99 Å². The van der Waals surface area contributed by atoms with Crippen molar-refractivity contribution in [3.05, 3.63) is 71.2 Å². The van der Waals surface area contributed by atoms with E-state index in [2.05, 4.69) is 9.89 Å². The molecule has 0 bridgehead atoms. The summed E-state index contributed by atoms with van der Waals surface area (Å²) >= 11 is 0. The fourth-order valence-electron chi connectivity index (χ4n) is 2.89. The highest BCUT2D eigenvalue weighted by Crippen LogP contribution is 2.22. The zero-order valence-corrected chi connectivity index (χ0v) is 14.0. The van der Waals surface area contributed by atoms with Gasteiger partial charge in [0.1, 0.15) is 5.82 Å². The van der Waals surface area contributed by atoms with Crippen molar-refractivity contribution in [2.75, 3.05) is 31.2 Å². The molecule has 2 aromatic rings. The van der Waals surface area contributed by atoms with Gasteiger partial charge in [0.2, 0.25) is 5.90 Å². The van der Waals surface area contributed by atoms with Crippen molar-refractivity contribution in [2.45, 2.75) is 0 Å². The maximum Gasteiger partial charge on any atom is 0.363 e. The molecule has 6 heteroatoms. The Morgan fingerprint density at radius 2 is 1.69 bits per heavy atom. The number of esters is 1. The number of carbonyl (C=O) groups excluding carboxylic acids is 1. The van der Waals surface area contributed by atoms with Gasteiger partial charge in [-0.2, -0.15) is 0 Å². The van der Waals surface area contributed by atoms with Gasteiger partial charge in [0.25, 0.3) is 0 Å². The number of rotatable bonds is 3. The summed E-state index contributed by atoms with van der Waals surface area (Å²) in [5.41, 5.74) is 2.77. The predicted molar refractivity (Wildman–Crippen MR) is 96.5 cm³/mol. The number of anilines is 1. The number of aliphatic imine (C=N–C) groups is 1. The predicted octanol–water partition coefficient (Wildman–Crippen LogP) is 3.01. The number of halogens is 1. The van der Waals surface area contributed by atoms with Gasteiger partial charge in [0, 0.05) is 24.3 Å². The Labute approximate surface area is 150 Å². The standard InChI is InChI=1S/C20H17FN2O3/c21-16-5-3-15(4-6-16)19-22-18(20(24)26-19)13-14-1-7-17(8-2-14)23-9-11-25-12-10-23/h1-8,13H,9-12H2/b18-13-. The first kappa shape index (κ1) is 16.5. The van der Waals surface area contributed by atoms with E-state index in [0.29, 0.717) is 5.56 Å². The Balaban J connectivity index is 1.53. The van der Waals surface area contributed by atoms with Gasteiger partial charge in [-0.25, -0.2) is 14.2 Å². The van der Waals surface area contributed by atoms with Gasteiger partial charge in [0.15, 0.2) is 5.70 Å². The van der Waals surface area contributed by atoms with Crippen LogP contribution in [0.3, 0.4) is 0 Å². The van der Waals surface area contributed by atoms with Gasteiger partial charge < -0.3 is 14.4 Å². The first-order chi connectivity index (χ1) is 12.7. The van der Waals surface area contributed by atoms with Crippen molar-refractivity contribution in [1.82, 2.24) is 0 Å². The maximum atomic E-state index is 13.0. The molecule has 1 fully saturated rings. The molecule has 0 radical (unpaired) electrons. The molecular weight excluding hydrogens is 335 g/mol. The van der Waals surface area contributed by atoms with Crippen molar-refractivity contribution >= 4 is 23.6 Å². The minimum absolute atomic E-state index is 0.186. The summed E-state index contributed by atoms with van der Waals surface area (Å²) < 4.78 is 23.6. The van der Waals surface area contributed by atoms with Crippen molar-refractivity contribution in [3.63, 3.8) is 0 Å². The maximum absolute atomic E-state index is 13.0. The van der Waals surface area contributed by atoms with E-state index in [-0.39, 0.29) is 17.4 Å². The number of carbonyl (C=O) groups is 1. The van der Waals surface area contributed by atoms with E-state index < -0.39 is 5.97 Å². The molecule has 0 aromatic heterocycles. The smallest absolute Gasteiger partial charge is 0.363 e. The molecule has 4 rings (SSSR count). The number of hydrogen-bond acceptors (Lipinski definition) is 5. The molecular formula is C20H17FN2O3. The van der Waals surface area contributed by atoms with E-state index in [1.54, 1.807) is 6.08 Å². The third-order valence-corrected chi connectivity index (χ3v) is 4.28. The molecule has 0 unspecified atom stereocenters. The monoisotopic (exact) mass is 352 g/mol. The minimum Gasteiger partial charge on any atom is -0.402 e. The highest BCUT2D eigenvalue weighted by Gasteiger charge is 2.24. The molecule has 2 heterocycles. The molecule has 2 aliphatic heterocycles. The van der Waals surface area contributed by atoms with Crippen LogP contribution >= 0.6 is 0 Å². The van der Waals surface area contributed by atoms with E-state index in [4.69, 9.17) is 9.47 Å². The summed E-state index contributed by atoms with van der Waals surface area (Å²) in [6.07, 6.45) is 1.68. The molecule has 26 heavy (non-hydrogen) atoms. The lowest BCUT2D eigenvalue weighted by molar-refractivity contribution is -0.129. The molecule has 2 aliphatic rings. The number of cyclic esters (lactones) is 1. The number of nitrogens with zero attached hydrogens (tertiary/aromatic N) is 2. The van der Waals surface area contributed by atoms with E-state index in [9.17, 15) is 9.18 Å². The van der Waals surface area contributed by atoms with Crippen molar-refractivity contribution in [1.29, 1.82) is 0 Å².